The smallest absolute Gasteiger partial charge is 0.294 e. The summed E-state index contributed by atoms with van der Waals surface area (Å²) in [6, 6.07) is 5.51. The van der Waals surface area contributed by atoms with Gasteiger partial charge in [0.25, 0.3) is 5.79 Å². The molecule has 0 amide bonds. The highest BCUT2D eigenvalue weighted by molar-refractivity contribution is 6.28. The summed E-state index contributed by atoms with van der Waals surface area (Å²) < 4.78 is 21.8. The molecule has 0 spiro atoms. The van der Waals surface area contributed by atoms with Crippen LogP contribution >= 0.6 is 0 Å². The van der Waals surface area contributed by atoms with Crippen molar-refractivity contribution in [2.24, 2.45) is 0 Å². The van der Waals surface area contributed by atoms with E-state index < -0.39 is 114 Å². The van der Waals surface area contributed by atoms with Crippen molar-refractivity contribution in [2.45, 2.75) is 67.0 Å². The van der Waals surface area contributed by atoms with Gasteiger partial charge in [-0.25, -0.2) is 0 Å². The Balaban J connectivity index is 1.58. The second-order valence-corrected chi connectivity index (χ2v) is 10.4. The molecule has 3 aliphatic heterocycles. The Morgan fingerprint density at radius 1 is 0.884 bits per heavy atom. The van der Waals surface area contributed by atoms with Crippen LogP contribution < -0.4 is 0 Å². The van der Waals surface area contributed by atoms with Crippen molar-refractivity contribution < 1.29 is 79.6 Å². The molecule has 3 heterocycles. The van der Waals surface area contributed by atoms with E-state index in [9.17, 15) is 60.7 Å². The van der Waals surface area contributed by atoms with Crippen molar-refractivity contribution in [1.29, 1.82) is 0 Å². The summed E-state index contributed by atoms with van der Waals surface area (Å²) in [4.78, 5) is 27.1. The summed E-state index contributed by atoms with van der Waals surface area (Å²) in [6.45, 7) is -1.70. The van der Waals surface area contributed by atoms with Gasteiger partial charge < -0.3 is 70.0 Å². The van der Waals surface area contributed by atoms with E-state index in [-0.39, 0.29) is 5.75 Å². The highest BCUT2D eigenvalue weighted by Gasteiger charge is 2.64. The number of hydrogen-bond donors (Lipinski definition) is 10. The van der Waals surface area contributed by atoms with Gasteiger partial charge in [0.05, 0.1) is 18.8 Å². The molecule has 6 unspecified atom stereocenters. The number of benzene rings is 1. The first-order valence-electron chi connectivity index (χ1n) is 13.1. The van der Waals surface area contributed by atoms with E-state index >= 15 is 0 Å². The van der Waals surface area contributed by atoms with Crippen LogP contribution in [0.1, 0.15) is 5.56 Å². The Morgan fingerprint density at radius 3 is 2.12 bits per heavy atom. The SMILES string of the molecule is O=C(/C=C/c1ccc(O)cc1)C1=C(O)C2=C(OC3C2OC(CO)C(O)C3O)C(O)(O[C@@H]2O[C@H](CO)[C@@H](O)[C@H](O)[C@H]2O)C1=O. The largest absolute Gasteiger partial charge is 0.508 e. The first kappa shape index (κ1) is 31.2. The minimum atomic E-state index is -3.41. The Kier molecular flexibility index (Phi) is 8.47. The molecule has 0 saturated carbocycles. The molecule has 11 atom stereocenters. The number of ether oxygens (including phenoxy) is 4. The van der Waals surface area contributed by atoms with Gasteiger partial charge in [-0.1, -0.05) is 18.2 Å². The summed E-state index contributed by atoms with van der Waals surface area (Å²) >= 11 is 0. The maximum absolute atomic E-state index is 13.8. The van der Waals surface area contributed by atoms with Crippen LogP contribution in [0, 0.1) is 0 Å². The van der Waals surface area contributed by atoms with Crippen molar-refractivity contribution in [3.8, 4) is 5.75 Å². The molecule has 2 fully saturated rings. The van der Waals surface area contributed by atoms with Gasteiger partial charge in [0.2, 0.25) is 5.78 Å². The first-order chi connectivity index (χ1) is 20.3. The molecule has 234 valence electrons. The fraction of sp³-hybridized carbons (Fsp3) is 0.481. The van der Waals surface area contributed by atoms with Gasteiger partial charge >= 0.3 is 0 Å². The van der Waals surface area contributed by atoms with Crippen molar-refractivity contribution in [3.63, 3.8) is 0 Å². The van der Waals surface area contributed by atoms with Crippen LogP contribution in [0.4, 0.5) is 0 Å². The summed E-state index contributed by atoms with van der Waals surface area (Å²) in [5, 5.41) is 103. The fourth-order valence-electron chi connectivity index (χ4n) is 5.31. The van der Waals surface area contributed by atoms with E-state index in [0.717, 1.165) is 6.08 Å². The molecule has 43 heavy (non-hydrogen) atoms. The van der Waals surface area contributed by atoms with Crippen molar-refractivity contribution in [2.75, 3.05) is 13.2 Å². The quantitative estimate of drug-likeness (QED) is 0.0800. The van der Waals surface area contributed by atoms with Crippen molar-refractivity contribution in [3.05, 3.63) is 58.6 Å². The number of ketones is 2. The molecule has 0 radical (unpaired) electrons. The third-order valence-electron chi connectivity index (χ3n) is 7.69. The second kappa shape index (κ2) is 11.7. The van der Waals surface area contributed by atoms with Crippen LogP contribution in [0.3, 0.4) is 0 Å². The Labute approximate surface area is 242 Å². The molecule has 2 saturated heterocycles. The number of aliphatic hydroxyl groups excluding tert-OH is 8. The minimum absolute atomic E-state index is 0.0575. The molecule has 0 bridgehead atoms. The van der Waals surface area contributed by atoms with E-state index in [4.69, 9.17) is 18.9 Å². The van der Waals surface area contributed by atoms with Gasteiger partial charge in [-0.15, -0.1) is 0 Å². The normalized spacial score (nSPS) is 39.6. The third-order valence-corrected chi connectivity index (χ3v) is 7.69. The molecule has 5 rings (SSSR count). The van der Waals surface area contributed by atoms with Crippen LogP contribution in [-0.2, 0) is 28.5 Å². The number of allylic oxidation sites excluding steroid dienone is 1. The average Bonchev–Trinajstić information content (AvgIpc) is 3.39. The number of aromatic hydroxyl groups is 1. The van der Waals surface area contributed by atoms with Gasteiger partial charge in [-0.05, 0) is 23.8 Å². The van der Waals surface area contributed by atoms with Crippen LogP contribution in [0.25, 0.3) is 6.08 Å². The lowest BCUT2D eigenvalue weighted by Crippen LogP contribution is -2.62. The topological polar surface area (TPSA) is 273 Å². The molecule has 0 aromatic heterocycles. The fourth-order valence-corrected chi connectivity index (χ4v) is 5.31. The van der Waals surface area contributed by atoms with Crippen LogP contribution in [0.2, 0.25) is 0 Å². The molecule has 10 N–H and O–H groups in total. The first-order valence-corrected chi connectivity index (χ1v) is 13.1. The zero-order valence-corrected chi connectivity index (χ0v) is 22.1. The van der Waals surface area contributed by atoms with E-state index in [1.165, 1.54) is 30.3 Å². The molecule has 1 aromatic rings. The summed E-state index contributed by atoms with van der Waals surface area (Å²) in [5.74, 6) is -8.23. The number of carbonyl (C=O) groups is 2. The number of hydrogen-bond acceptors (Lipinski definition) is 16. The van der Waals surface area contributed by atoms with Crippen molar-refractivity contribution in [1.82, 2.24) is 0 Å². The maximum Gasteiger partial charge on any atom is 0.294 e. The predicted molar refractivity (Wildman–Crippen MR) is 136 cm³/mol. The lowest BCUT2D eigenvalue weighted by atomic mass is 9.83. The molecule has 1 aliphatic carbocycles. The lowest BCUT2D eigenvalue weighted by Gasteiger charge is -2.43. The van der Waals surface area contributed by atoms with Gasteiger partial charge in [0, 0.05) is 0 Å². The number of rotatable bonds is 7. The molecule has 16 heteroatoms. The molecular formula is C27H30O16. The molecular weight excluding hydrogens is 580 g/mol. The van der Waals surface area contributed by atoms with E-state index in [0.29, 0.717) is 5.56 Å². The van der Waals surface area contributed by atoms with E-state index in [2.05, 4.69) is 0 Å². The second-order valence-electron chi connectivity index (χ2n) is 10.4. The molecule has 1 aromatic carbocycles. The third kappa shape index (κ3) is 5.15. The highest BCUT2D eigenvalue weighted by atomic mass is 16.8. The van der Waals surface area contributed by atoms with Crippen LogP contribution in [0.15, 0.2) is 53.0 Å². The van der Waals surface area contributed by atoms with Gasteiger partial charge in [-0.3, -0.25) is 9.59 Å². The number of Topliss-reactive ketones (excluding diaryl/α,β-unsaturated/α-hetero) is 1. The highest BCUT2D eigenvalue weighted by Crippen LogP contribution is 2.48. The van der Waals surface area contributed by atoms with Crippen LogP contribution in [-0.4, -0.2) is 143 Å². The monoisotopic (exact) mass is 610 g/mol. The number of phenolic OH excluding ortho intramolecular Hbond substituents is 1. The summed E-state index contributed by atoms with van der Waals surface area (Å²) in [6.07, 6.45) is -15.7. The Morgan fingerprint density at radius 2 is 1.49 bits per heavy atom. The Bertz CT molecular complexity index is 1350. The van der Waals surface area contributed by atoms with Crippen molar-refractivity contribution >= 4 is 17.6 Å². The maximum atomic E-state index is 13.8. The summed E-state index contributed by atoms with van der Waals surface area (Å²) in [7, 11) is 0. The predicted octanol–water partition coefficient (Wildman–Crippen LogP) is -3.99. The van der Waals surface area contributed by atoms with E-state index in [1.807, 2.05) is 0 Å². The molecule has 16 nitrogen and oxygen atoms in total. The number of aliphatic hydroxyl groups is 9. The lowest BCUT2D eigenvalue weighted by molar-refractivity contribution is -0.349. The van der Waals surface area contributed by atoms with Gasteiger partial charge in [-0.2, -0.15) is 0 Å². The minimum Gasteiger partial charge on any atom is -0.508 e. The van der Waals surface area contributed by atoms with Gasteiger partial charge in [0.1, 0.15) is 65.9 Å². The van der Waals surface area contributed by atoms with Gasteiger partial charge in [0.15, 0.2) is 23.9 Å². The van der Waals surface area contributed by atoms with Crippen LogP contribution in [0.5, 0.6) is 5.75 Å². The number of carbonyl (C=O) groups excluding carboxylic acids is 2. The van der Waals surface area contributed by atoms with E-state index in [1.54, 1.807) is 0 Å². The average molecular weight is 611 g/mol. The summed E-state index contributed by atoms with van der Waals surface area (Å²) in [5.41, 5.74) is -1.23. The zero-order chi connectivity index (χ0) is 31.4. The Hall–Kier alpha value is -3.26. The standard InChI is InChI=1S/C27H30O16/c28-7-12-17(33)20(36)23-22(40-12)15-18(34)14(11(31)6-3-9-1-4-10(30)5-2-9)24(38)27(39,25(15)42-23)43-26-21(37)19(35)16(32)13(8-29)41-26/h1-6,12-13,16-17,19-23,26,28-30,32-37,39H,7-8H2/b6-3+/t12?,13-,16-,17?,19+,20?,21-,22?,23?,26+,27?/m1/s1. The zero-order valence-electron chi connectivity index (χ0n) is 22.1. The molecule has 4 aliphatic rings. The number of phenols is 1. The number of fused-ring (bicyclic) bond motifs is 2.